The largest absolute Gasteiger partial charge is 0.477 e. The van der Waals surface area contributed by atoms with Crippen LogP contribution in [0, 0.1) is 10.1 Å². The lowest BCUT2D eigenvalue weighted by atomic mass is 10.2. The number of nitro groups is 1. The molecule has 0 atom stereocenters. The number of hydrogen-bond acceptors (Lipinski definition) is 8. The van der Waals surface area contributed by atoms with Crippen molar-refractivity contribution in [3.8, 4) is 5.75 Å². The Morgan fingerprint density at radius 2 is 1.83 bits per heavy atom. The van der Waals surface area contributed by atoms with Crippen molar-refractivity contribution in [3.63, 3.8) is 0 Å². The van der Waals surface area contributed by atoms with Crippen LogP contribution in [-0.2, 0) is 24.3 Å². The molecule has 0 aliphatic rings. The molecule has 2 rings (SSSR count). The molecule has 0 saturated carbocycles. The van der Waals surface area contributed by atoms with Crippen molar-refractivity contribution in [2.75, 3.05) is 24.7 Å². The van der Waals surface area contributed by atoms with Crippen molar-refractivity contribution in [3.05, 3.63) is 58.6 Å². The molecule has 0 fully saturated rings. The van der Waals surface area contributed by atoms with Crippen LogP contribution in [0.3, 0.4) is 0 Å². The van der Waals surface area contributed by atoms with Crippen LogP contribution in [0.1, 0.15) is 6.92 Å². The molecule has 0 aromatic heterocycles. The Morgan fingerprint density at radius 3 is 2.40 bits per heavy atom. The Labute approximate surface area is 172 Å². The standard InChI is InChI=1S/C18H19N3O8S/c1-2-28-18(23)11-20(13-6-4-3-5-7-13)17(22)12-29-16-9-8-14(30(19,26)27)10-15(16)21(24)25/h3-10H,2,11-12H2,1H3,(H2,19,26,27). The number of hydrogen-bond donors (Lipinski definition) is 1. The van der Waals surface area contributed by atoms with Gasteiger partial charge < -0.3 is 9.47 Å². The summed E-state index contributed by atoms with van der Waals surface area (Å²) in [6, 6.07) is 11.0. The molecule has 160 valence electrons. The van der Waals surface area contributed by atoms with Crippen LogP contribution in [0.5, 0.6) is 5.75 Å². The van der Waals surface area contributed by atoms with E-state index in [1.165, 1.54) is 0 Å². The van der Waals surface area contributed by atoms with E-state index in [2.05, 4.69) is 0 Å². The van der Waals surface area contributed by atoms with Crippen LogP contribution in [0.25, 0.3) is 0 Å². The molecule has 11 nitrogen and oxygen atoms in total. The molecule has 12 heteroatoms. The molecule has 2 N–H and O–H groups in total. The van der Waals surface area contributed by atoms with Gasteiger partial charge in [-0.1, -0.05) is 18.2 Å². The van der Waals surface area contributed by atoms with E-state index in [-0.39, 0.29) is 18.9 Å². The van der Waals surface area contributed by atoms with E-state index in [1.54, 1.807) is 37.3 Å². The zero-order valence-electron chi connectivity index (χ0n) is 15.9. The predicted molar refractivity (Wildman–Crippen MR) is 105 cm³/mol. The molecular weight excluding hydrogens is 418 g/mol. The Bertz CT molecular complexity index is 1040. The average molecular weight is 437 g/mol. The lowest BCUT2D eigenvalue weighted by molar-refractivity contribution is -0.386. The molecule has 0 spiro atoms. The maximum atomic E-state index is 12.7. The summed E-state index contributed by atoms with van der Waals surface area (Å²) in [5.74, 6) is -1.64. The number of esters is 1. The Kier molecular flexibility index (Phi) is 7.44. The minimum Gasteiger partial charge on any atom is -0.477 e. The number of nitrogens with two attached hydrogens (primary N) is 1. The van der Waals surface area contributed by atoms with Crippen molar-refractivity contribution in [2.24, 2.45) is 5.14 Å². The van der Waals surface area contributed by atoms with E-state index >= 15 is 0 Å². The molecule has 2 aromatic carbocycles. The second-order valence-electron chi connectivity index (χ2n) is 5.84. The number of sulfonamides is 1. The fourth-order valence-electron chi connectivity index (χ4n) is 2.42. The third-order valence-electron chi connectivity index (χ3n) is 3.77. The number of nitrogens with zero attached hydrogens (tertiary/aromatic N) is 2. The van der Waals surface area contributed by atoms with Crippen LogP contribution >= 0.6 is 0 Å². The summed E-state index contributed by atoms with van der Waals surface area (Å²) in [6.45, 7) is 0.727. The summed E-state index contributed by atoms with van der Waals surface area (Å²) >= 11 is 0. The summed E-state index contributed by atoms with van der Waals surface area (Å²) in [5, 5.41) is 16.2. The monoisotopic (exact) mass is 437 g/mol. The van der Waals surface area contributed by atoms with Crippen LogP contribution in [0.4, 0.5) is 11.4 Å². The highest BCUT2D eigenvalue weighted by Gasteiger charge is 2.24. The number of primary sulfonamides is 1. The summed E-state index contributed by atoms with van der Waals surface area (Å²) in [4.78, 5) is 35.6. The van der Waals surface area contributed by atoms with Gasteiger partial charge in [0.1, 0.15) is 6.54 Å². The number of rotatable bonds is 9. The molecule has 2 aromatic rings. The van der Waals surface area contributed by atoms with Gasteiger partial charge in [0.25, 0.3) is 5.91 Å². The number of benzene rings is 2. The number of anilines is 1. The van der Waals surface area contributed by atoms with E-state index in [4.69, 9.17) is 14.6 Å². The first kappa shape index (κ1) is 22.8. The highest BCUT2D eigenvalue weighted by molar-refractivity contribution is 7.89. The number of para-hydroxylation sites is 1. The third-order valence-corrected chi connectivity index (χ3v) is 4.68. The van der Waals surface area contributed by atoms with E-state index in [0.717, 1.165) is 23.1 Å². The second-order valence-corrected chi connectivity index (χ2v) is 7.40. The van der Waals surface area contributed by atoms with Crippen molar-refractivity contribution in [1.82, 2.24) is 0 Å². The van der Waals surface area contributed by atoms with E-state index in [0.29, 0.717) is 5.69 Å². The predicted octanol–water partition coefficient (Wildman–Crippen LogP) is 1.22. The second kappa shape index (κ2) is 9.80. The molecule has 0 radical (unpaired) electrons. The zero-order valence-corrected chi connectivity index (χ0v) is 16.7. The summed E-state index contributed by atoms with van der Waals surface area (Å²) in [7, 11) is -4.16. The number of carbonyl (C=O) groups is 2. The molecule has 0 bridgehead atoms. The van der Waals surface area contributed by atoms with Gasteiger partial charge in [0.2, 0.25) is 10.0 Å². The molecule has 0 unspecified atom stereocenters. The van der Waals surface area contributed by atoms with Crippen LogP contribution < -0.4 is 14.8 Å². The smallest absolute Gasteiger partial charge is 0.326 e. The molecule has 1 amide bonds. The van der Waals surface area contributed by atoms with Gasteiger partial charge in [0, 0.05) is 11.8 Å². The number of amides is 1. The molecular formula is C18H19N3O8S. The fourth-order valence-corrected chi connectivity index (χ4v) is 2.96. The minimum absolute atomic E-state index is 0.134. The third kappa shape index (κ3) is 5.99. The summed E-state index contributed by atoms with van der Waals surface area (Å²) in [6.07, 6.45) is 0. The molecule has 0 heterocycles. The van der Waals surface area contributed by atoms with Crippen molar-refractivity contribution in [2.45, 2.75) is 11.8 Å². The highest BCUT2D eigenvalue weighted by atomic mass is 32.2. The normalized spacial score (nSPS) is 10.9. The Balaban J connectivity index is 2.24. The Hall–Kier alpha value is -3.51. The van der Waals surface area contributed by atoms with Crippen molar-refractivity contribution >= 4 is 33.3 Å². The first-order valence-electron chi connectivity index (χ1n) is 8.58. The minimum atomic E-state index is -4.16. The fraction of sp³-hybridized carbons (Fsp3) is 0.222. The van der Waals surface area contributed by atoms with Gasteiger partial charge in [-0.25, -0.2) is 13.6 Å². The molecule has 0 saturated heterocycles. The maximum Gasteiger partial charge on any atom is 0.326 e. The average Bonchev–Trinajstić information content (AvgIpc) is 2.70. The van der Waals surface area contributed by atoms with Gasteiger partial charge in [-0.15, -0.1) is 0 Å². The van der Waals surface area contributed by atoms with E-state index < -0.39 is 44.0 Å². The van der Waals surface area contributed by atoms with Gasteiger partial charge in [-0.3, -0.25) is 24.6 Å². The molecule has 30 heavy (non-hydrogen) atoms. The van der Waals surface area contributed by atoms with Crippen LogP contribution in [0.15, 0.2) is 53.4 Å². The van der Waals surface area contributed by atoms with E-state index in [9.17, 15) is 28.1 Å². The van der Waals surface area contributed by atoms with Gasteiger partial charge >= 0.3 is 11.7 Å². The van der Waals surface area contributed by atoms with Gasteiger partial charge in [0.05, 0.1) is 16.4 Å². The number of ether oxygens (including phenoxy) is 2. The number of carbonyl (C=O) groups excluding carboxylic acids is 2. The van der Waals surface area contributed by atoms with Crippen LogP contribution in [-0.4, -0.2) is 45.0 Å². The SMILES string of the molecule is CCOC(=O)CN(C(=O)COc1ccc(S(N)(=O)=O)cc1[N+](=O)[O-])c1ccccc1. The van der Waals surface area contributed by atoms with Gasteiger partial charge in [-0.05, 0) is 31.2 Å². The highest BCUT2D eigenvalue weighted by Crippen LogP contribution is 2.29. The van der Waals surface area contributed by atoms with Gasteiger partial charge in [-0.2, -0.15) is 0 Å². The zero-order chi connectivity index (χ0) is 22.3. The van der Waals surface area contributed by atoms with Crippen LogP contribution in [0.2, 0.25) is 0 Å². The first-order chi connectivity index (χ1) is 14.1. The number of nitro benzene ring substituents is 1. The topological polar surface area (TPSA) is 159 Å². The Morgan fingerprint density at radius 1 is 1.17 bits per heavy atom. The first-order valence-corrected chi connectivity index (χ1v) is 10.1. The summed E-state index contributed by atoms with van der Waals surface area (Å²) < 4.78 is 32.9. The van der Waals surface area contributed by atoms with Gasteiger partial charge in [0.15, 0.2) is 12.4 Å². The molecule has 0 aliphatic carbocycles. The van der Waals surface area contributed by atoms with Crippen molar-refractivity contribution in [1.29, 1.82) is 0 Å². The lowest BCUT2D eigenvalue weighted by Gasteiger charge is -2.22. The van der Waals surface area contributed by atoms with Crippen molar-refractivity contribution < 1.29 is 32.4 Å². The van der Waals surface area contributed by atoms with E-state index in [1.807, 2.05) is 0 Å². The summed E-state index contributed by atoms with van der Waals surface area (Å²) in [5.41, 5.74) is -0.274. The lowest BCUT2D eigenvalue weighted by Crippen LogP contribution is -2.39. The maximum absolute atomic E-state index is 12.7. The molecule has 0 aliphatic heterocycles. The quantitative estimate of drug-likeness (QED) is 0.348.